The third-order valence-electron chi connectivity index (χ3n) is 17.2. The summed E-state index contributed by atoms with van der Waals surface area (Å²) in [7, 11) is 0. The Hall–Kier alpha value is -8.64. The van der Waals surface area contributed by atoms with Crippen LogP contribution in [0.25, 0.3) is 22.3 Å². The standard InChI is InChI=1S/C17H18.C16H16.C10H8F6.C9H9F3.C9H12.C8H8F2.C8H9F.C8H10/c1-11-5-7-13-14-8-6-12(2)10-16(14)17(3,4)15(13)9-11;1-10-4-6-13-14-7-5-11(2)9-16(14)12(3)15(13)8-10;1-5-3-4-6(2)8(10(14,15)16)7(5)9(11,12)13;1-6-3-4-7(2)8(5-6)9(10,11)12;1-7-4-5-8(2)9(3)6-7;1-5-3-4-6(2)8(10)7(5)9;1-6-3-4-7(2)8(9)5-6;1-7-3-5-8(2)6-4-7/h5-10H,1-4H3;4-9,12H,1-3H3;3-4H,1-2H3;3-5H,1-2H3;4-6H,1-3H3;3-4H,1-2H3;3-5H,1-2H3;3-6H,1-2H3. The Bertz CT molecular complexity index is 4090. The van der Waals surface area contributed by atoms with Gasteiger partial charge >= 0.3 is 18.5 Å². The molecule has 0 heterocycles. The predicted octanol–water partition coefficient (Wildman–Crippen LogP) is 26.6. The van der Waals surface area contributed by atoms with Gasteiger partial charge in [-0.25, -0.2) is 13.2 Å². The molecular formula is C85H90F12. The molecule has 0 aromatic heterocycles. The van der Waals surface area contributed by atoms with E-state index < -0.39 is 58.0 Å². The molecule has 10 aromatic rings. The molecule has 0 aliphatic heterocycles. The van der Waals surface area contributed by atoms with E-state index in [4.69, 9.17) is 0 Å². The summed E-state index contributed by atoms with van der Waals surface area (Å²) in [5.41, 5.74) is 22.6. The van der Waals surface area contributed by atoms with E-state index in [9.17, 15) is 52.7 Å². The summed E-state index contributed by atoms with van der Waals surface area (Å²) in [5.74, 6) is -1.04. The van der Waals surface area contributed by atoms with Gasteiger partial charge < -0.3 is 0 Å². The maximum Gasteiger partial charge on any atom is 0.417 e. The van der Waals surface area contributed by atoms with Gasteiger partial charge in [-0.2, -0.15) is 39.5 Å². The number of halogens is 12. The highest BCUT2D eigenvalue weighted by Gasteiger charge is 2.45. The second-order valence-electron chi connectivity index (χ2n) is 26.2. The van der Waals surface area contributed by atoms with Gasteiger partial charge in [0, 0.05) is 11.3 Å². The lowest BCUT2D eigenvalue weighted by molar-refractivity contribution is -0.162. The van der Waals surface area contributed by atoms with Crippen LogP contribution in [0.4, 0.5) is 52.7 Å². The zero-order valence-corrected chi connectivity index (χ0v) is 59.4. The summed E-state index contributed by atoms with van der Waals surface area (Å²) in [4.78, 5) is 0. The summed E-state index contributed by atoms with van der Waals surface area (Å²) >= 11 is 0. The molecule has 0 fully saturated rings. The first-order valence-corrected chi connectivity index (χ1v) is 32.0. The van der Waals surface area contributed by atoms with Crippen LogP contribution < -0.4 is 0 Å². The lowest BCUT2D eigenvalue weighted by Crippen LogP contribution is -2.19. The van der Waals surface area contributed by atoms with Crippen molar-refractivity contribution in [1.82, 2.24) is 0 Å². The van der Waals surface area contributed by atoms with Crippen molar-refractivity contribution in [2.75, 3.05) is 0 Å². The first-order chi connectivity index (χ1) is 44.9. The number of hydrogen-bond acceptors (Lipinski definition) is 0. The molecule has 0 atom stereocenters. The molecule has 0 amide bonds. The number of benzene rings is 10. The van der Waals surface area contributed by atoms with Gasteiger partial charge in [0.05, 0.1) is 16.7 Å². The van der Waals surface area contributed by atoms with E-state index in [1.165, 1.54) is 127 Å². The van der Waals surface area contributed by atoms with Gasteiger partial charge in [0.15, 0.2) is 11.6 Å². The average molecular weight is 1340 g/mol. The molecule has 0 spiro atoms. The predicted molar refractivity (Wildman–Crippen MR) is 377 cm³/mol. The Balaban J connectivity index is 0.000000203. The lowest BCUT2D eigenvalue weighted by Gasteiger charge is -2.22. The Kier molecular flexibility index (Phi) is 27.0. The minimum Gasteiger partial charge on any atom is -0.207 e. The third kappa shape index (κ3) is 21.4. The largest absolute Gasteiger partial charge is 0.417 e. The van der Waals surface area contributed by atoms with E-state index in [1.54, 1.807) is 38.1 Å². The highest BCUT2D eigenvalue weighted by atomic mass is 19.4. The van der Waals surface area contributed by atoms with Crippen molar-refractivity contribution in [3.05, 3.63) is 327 Å². The Morgan fingerprint density at radius 2 is 0.557 bits per heavy atom. The molecule has 97 heavy (non-hydrogen) atoms. The van der Waals surface area contributed by atoms with E-state index in [-0.39, 0.29) is 16.8 Å². The van der Waals surface area contributed by atoms with Crippen molar-refractivity contribution in [1.29, 1.82) is 0 Å². The zero-order valence-electron chi connectivity index (χ0n) is 59.4. The minimum absolute atomic E-state index is 0.116. The fourth-order valence-electron chi connectivity index (χ4n) is 11.3. The van der Waals surface area contributed by atoms with E-state index >= 15 is 0 Å². The van der Waals surface area contributed by atoms with Crippen LogP contribution in [0.15, 0.2) is 176 Å². The maximum absolute atomic E-state index is 12.6. The Morgan fingerprint density at radius 3 is 0.887 bits per heavy atom. The van der Waals surface area contributed by atoms with E-state index in [0.717, 1.165) is 37.6 Å². The average Bonchev–Trinajstić information content (AvgIpc) is 1.40. The molecule has 0 unspecified atom stereocenters. The van der Waals surface area contributed by atoms with Gasteiger partial charge in [-0.15, -0.1) is 0 Å². The maximum atomic E-state index is 12.6. The van der Waals surface area contributed by atoms with Crippen LogP contribution in [-0.4, -0.2) is 0 Å². The van der Waals surface area contributed by atoms with Crippen LogP contribution in [-0.2, 0) is 23.9 Å². The summed E-state index contributed by atoms with van der Waals surface area (Å²) in [5, 5.41) is 0. The smallest absolute Gasteiger partial charge is 0.207 e. The first-order valence-electron chi connectivity index (χ1n) is 32.0. The molecule has 0 saturated heterocycles. The van der Waals surface area contributed by atoms with Gasteiger partial charge in [0.1, 0.15) is 5.82 Å². The Labute approximate surface area is 567 Å². The van der Waals surface area contributed by atoms with Crippen molar-refractivity contribution in [2.45, 2.75) is 168 Å². The van der Waals surface area contributed by atoms with Crippen LogP contribution in [0.1, 0.15) is 160 Å². The fourth-order valence-corrected chi connectivity index (χ4v) is 11.3. The van der Waals surface area contributed by atoms with Crippen LogP contribution in [0.5, 0.6) is 0 Å². The quantitative estimate of drug-likeness (QED) is 0.133. The fraction of sp³-hybridized carbons (Fsp3) is 0.294. The Morgan fingerprint density at radius 1 is 0.268 bits per heavy atom. The summed E-state index contributed by atoms with van der Waals surface area (Å²) < 4.78 is 150. The molecular weight excluding hydrogens is 1250 g/mol. The topological polar surface area (TPSA) is 0 Å². The number of rotatable bonds is 0. The van der Waals surface area contributed by atoms with Gasteiger partial charge in [0.2, 0.25) is 0 Å². The van der Waals surface area contributed by atoms with Gasteiger partial charge in [-0.3, -0.25) is 0 Å². The summed E-state index contributed by atoms with van der Waals surface area (Å²) in [6, 6.07) is 57.0. The molecule has 0 saturated carbocycles. The van der Waals surface area contributed by atoms with Gasteiger partial charge in [-0.1, -0.05) is 229 Å². The molecule has 2 aliphatic carbocycles. The van der Waals surface area contributed by atoms with E-state index in [2.05, 4.69) is 198 Å². The summed E-state index contributed by atoms with van der Waals surface area (Å²) in [6.07, 6.45) is -14.2. The van der Waals surface area contributed by atoms with Crippen molar-refractivity contribution >= 4 is 0 Å². The molecule has 514 valence electrons. The highest BCUT2D eigenvalue weighted by molar-refractivity contribution is 5.81. The van der Waals surface area contributed by atoms with Crippen molar-refractivity contribution in [3.8, 4) is 22.3 Å². The molecule has 12 heteroatoms. The molecule has 12 rings (SSSR count). The van der Waals surface area contributed by atoms with Crippen LogP contribution in [0.3, 0.4) is 0 Å². The van der Waals surface area contributed by atoms with Crippen LogP contribution in [0.2, 0.25) is 0 Å². The van der Waals surface area contributed by atoms with Gasteiger partial charge in [0.25, 0.3) is 0 Å². The molecule has 0 bridgehead atoms. The molecule has 2 aliphatic rings. The third-order valence-corrected chi connectivity index (χ3v) is 17.2. The zero-order chi connectivity index (χ0) is 73.0. The molecule has 10 aromatic carbocycles. The number of alkyl halides is 9. The molecule has 0 nitrogen and oxygen atoms in total. The highest BCUT2D eigenvalue weighted by Crippen LogP contribution is 2.50. The van der Waals surface area contributed by atoms with Crippen molar-refractivity contribution in [2.24, 2.45) is 0 Å². The SMILES string of the molecule is Cc1ccc(C)c(C(F)(F)F)c1.Cc1ccc(C)c(C(F)(F)F)c1C(F)(F)F.Cc1ccc(C)c(C)c1.Cc1ccc(C)c(F)c1.Cc1ccc(C)c(F)c1F.Cc1ccc(C)cc1.Cc1ccc2c(c1)C(C)(C)c1cc(C)ccc1-2.Cc1ccc2c(c1)C(C)c1cc(C)ccc1-2. The minimum atomic E-state index is -5.00. The van der Waals surface area contributed by atoms with Crippen molar-refractivity contribution in [3.63, 3.8) is 0 Å². The number of aryl methyl sites for hydroxylation is 17. The second kappa shape index (κ2) is 33.1. The number of hydrogen-bond donors (Lipinski definition) is 0. The monoisotopic (exact) mass is 1340 g/mol. The van der Waals surface area contributed by atoms with E-state index in [0.29, 0.717) is 28.2 Å². The lowest BCUT2D eigenvalue weighted by atomic mass is 9.81. The van der Waals surface area contributed by atoms with E-state index in [1.807, 2.05) is 13.0 Å². The van der Waals surface area contributed by atoms with Crippen LogP contribution >= 0.6 is 0 Å². The van der Waals surface area contributed by atoms with Gasteiger partial charge in [-0.05, 0) is 224 Å². The first kappa shape index (κ1) is 79.1. The molecule has 0 N–H and O–H groups in total. The second-order valence-corrected chi connectivity index (χ2v) is 26.2. The van der Waals surface area contributed by atoms with Crippen molar-refractivity contribution < 1.29 is 52.7 Å². The normalized spacial score (nSPS) is 12.2. The van der Waals surface area contributed by atoms with Crippen LogP contribution in [0, 0.1) is 135 Å². The molecule has 0 radical (unpaired) electrons. The number of fused-ring (bicyclic) bond motifs is 6. The summed E-state index contributed by atoms with van der Waals surface area (Å²) in [6.45, 7) is 38.1.